The molecule has 0 bridgehead atoms. The average molecular weight is 453 g/mol. The molecule has 1 amide bonds. The molecular formula is C23H17F6NO2. The zero-order chi connectivity index (χ0) is 23.3. The highest BCUT2D eigenvalue weighted by atomic mass is 19.4. The van der Waals surface area contributed by atoms with Gasteiger partial charge >= 0.3 is 12.4 Å². The molecule has 0 saturated heterocycles. The molecule has 1 aliphatic carbocycles. The lowest BCUT2D eigenvalue weighted by Gasteiger charge is -2.39. The van der Waals surface area contributed by atoms with Gasteiger partial charge in [-0.05, 0) is 48.7 Å². The van der Waals surface area contributed by atoms with E-state index in [1.54, 1.807) is 0 Å². The largest absolute Gasteiger partial charge is 0.416 e. The number of hydrogen-bond donors (Lipinski definition) is 0. The van der Waals surface area contributed by atoms with Gasteiger partial charge in [0.2, 0.25) is 5.91 Å². The minimum Gasteiger partial charge on any atom is -0.294 e. The number of hydrogen-bond acceptors (Lipinski definition) is 2. The number of Topliss-reactive ketones (excluding diaryl/α,β-unsaturated/α-hetero) is 1. The molecule has 0 fully saturated rings. The van der Waals surface area contributed by atoms with Gasteiger partial charge < -0.3 is 0 Å². The SMILES string of the molecule is O=C1CCCC2=C1C(c1ccccc1C(F)(F)F)CC(=O)N2c1ccc(C(F)(F)F)cc1. The number of carbonyl (C=O) groups is 2. The molecule has 1 atom stereocenters. The van der Waals surface area contributed by atoms with Gasteiger partial charge in [0, 0.05) is 35.7 Å². The maximum atomic E-state index is 13.6. The number of carbonyl (C=O) groups excluding carboxylic acids is 2. The average Bonchev–Trinajstić information content (AvgIpc) is 2.72. The molecule has 0 spiro atoms. The highest BCUT2D eigenvalue weighted by Gasteiger charge is 2.43. The summed E-state index contributed by atoms with van der Waals surface area (Å²) < 4.78 is 79.5. The highest BCUT2D eigenvalue weighted by Crippen LogP contribution is 2.46. The first-order chi connectivity index (χ1) is 15.0. The van der Waals surface area contributed by atoms with Crippen LogP contribution in [0.4, 0.5) is 32.0 Å². The van der Waals surface area contributed by atoms with E-state index in [1.807, 2.05) is 0 Å². The van der Waals surface area contributed by atoms with Crippen molar-refractivity contribution in [2.24, 2.45) is 0 Å². The summed E-state index contributed by atoms with van der Waals surface area (Å²) in [5.41, 5.74) is -1.41. The molecule has 0 radical (unpaired) electrons. The van der Waals surface area contributed by atoms with E-state index in [0.717, 1.165) is 30.3 Å². The van der Waals surface area contributed by atoms with E-state index in [0.29, 0.717) is 6.42 Å². The third-order valence-electron chi connectivity index (χ3n) is 5.77. The second-order valence-corrected chi connectivity index (χ2v) is 7.75. The minimum absolute atomic E-state index is 0.132. The summed E-state index contributed by atoms with van der Waals surface area (Å²) in [5.74, 6) is -1.98. The number of nitrogens with zero attached hydrogens (tertiary/aromatic N) is 1. The third kappa shape index (κ3) is 3.91. The molecule has 9 heteroatoms. The van der Waals surface area contributed by atoms with Crippen LogP contribution in [0, 0.1) is 0 Å². The zero-order valence-corrected chi connectivity index (χ0v) is 16.6. The van der Waals surface area contributed by atoms with E-state index in [4.69, 9.17) is 0 Å². The van der Waals surface area contributed by atoms with Gasteiger partial charge in [0.25, 0.3) is 0 Å². The second-order valence-electron chi connectivity index (χ2n) is 7.75. The Morgan fingerprint density at radius 1 is 0.812 bits per heavy atom. The highest BCUT2D eigenvalue weighted by molar-refractivity contribution is 6.07. The number of alkyl halides is 6. The molecule has 1 aliphatic heterocycles. The Morgan fingerprint density at radius 3 is 2.09 bits per heavy atom. The molecule has 0 saturated carbocycles. The Labute approximate surface area is 179 Å². The molecule has 32 heavy (non-hydrogen) atoms. The quantitative estimate of drug-likeness (QED) is 0.504. The number of benzene rings is 2. The summed E-state index contributed by atoms with van der Waals surface area (Å²) in [5, 5.41) is 0. The number of halogens is 6. The van der Waals surface area contributed by atoms with Crippen molar-refractivity contribution in [3.63, 3.8) is 0 Å². The van der Waals surface area contributed by atoms with Gasteiger partial charge in [0.05, 0.1) is 11.1 Å². The number of rotatable bonds is 2. The van der Waals surface area contributed by atoms with E-state index in [1.165, 1.54) is 23.1 Å². The van der Waals surface area contributed by atoms with Crippen molar-refractivity contribution >= 4 is 17.4 Å². The number of allylic oxidation sites excluding steroid dienone is 2. The normalized spacial score (nSPS) is 19.9. The van der Waals surface area contributed by atoms with Crippen LogP contribution in [0.25, 0.3) is 0 Å². The van der Waals surface area contributed by atoms with Crippen LogP contribution < -0.4 is 4.90 Å². The van der Waals surface area contributed by atoms with Crippen LogP contribution in [0.2, 0.25) is 0 Å². The van der Waals surface area contributed by atoms with Crippen molar-refractivity contribution in [1.82, 2.24) is 0 Å². The molecule has 2 aromatic rings. The molecule has 1 unspecified atom stereocenters. The Morgan fingerprint density at radius 2 is 1.47 bits per heavy atom. The molecule has 1 heterocycles. The smallest absolute Gasteiger partial charge is 0.294 e. The lowest BCUT2D eigenvalue weighted by Crippen LogP contribution is -2.41. The number of ketones is 1. The summed E-state index contributed by atoms with van der Waals surface area (Å²) in [6.45, 7) is 0. The van der Waals surface area contributed by atoms with Crippen LogP contribution in [0.3, 0.4) is 0 Å². The van der Waals surface area contributed by atoms with Gasteiger partial charge in [-0.2, -0.15) is 26.3 Å². The first-order valence-corrected chi connectivity index (χ1v) is 9.91. The maximum Gasteiger partial charge on any atom is 0.416 e. The lowest BCUT2D eigenvalue weighted by atomic mass is 9.76. The number of amides is 1. The standard InChI is InChI=1S/C23H17F6NO2/c24-22(25,26)13-8-10-14(11-9-13)30-18-6-3-7-19(31)21(18)16(12-20(30)32)15-4-1-2-5-17(15)23(27,28)29/h1-2,4-5,8-11,16H,3,6-7,12H2. The molecule has 168 valence electrons. The number of anilines is 1. The van der Waals surface area contributed by atoms with Crippen molar-refractivity contribution in [1.29, 1.82) is 0 Å². The fourth-order valence-electron chi connectivity index (χ4n) is 4.42. The van der Waals surface area contributed by atoms with Crippen molar-refractivity contribution in [3.05, 3.63) is 76.5 Å². The molecule has 3 nitrogen and oxygen atoms in total. The van der Waals surface area contributed by atoms with Crippen molar-refractivity contribution in [2.75, 3.05) is 4.90 Å². The molecule has 2 aliphatic rings. The summed E-state index contributed by atoms with van der Waals surface area (Å²) in [4.78, 5) is 27.1. The van der Waals surface area contributed by atoms with Gasteiger partial charge in [0.15, 0.2) is 5.78 Å². The van der Waals surface area contributed by atoms with Crippen LogP contribution in [-0.2, 0) is 21.9 Å². The molecule has 2 aromatic carbocycles. The van der Waals surface area contributed by atoms with Crippen LogP contribution >= 0.6 is 0 Å². The minimum atomic E-state index is -4.66. The van der Waals surface area contributed by atoms with Crippen LogP contribution in [-0.4, -0.2) is 11.7 Å². The monoisotopic (exact) mass is 453 g/mol. The van der Waals surface area contributed by atoms with Crippen LogP contribution in [0.1, 0.15) is 48.3 Å². The Hall–Kier alpha value is -3.10. The third-order valence-corrected chi connectivity index (χ3v) is 5.77. The fraction of sp³-hybridized carbons (Fsp3) is 0.304. The topological polar surface area (TPSA) is 37.4 Å². The zero-order valence-electron chi connectivity index (χ0n) is 16.6. The van der Waals surface area contributed by atoms with Crippen molar-refractivity contribution < 1.29 is 35.9 Å². The van der Waals surface area contributed by atoms with Crippen LogP contribution in [0.5, 0.6) is 0 Å². The molecule has 4 rings (SSSR count). The Kier molecular flexibility index (Phi) is 5.38. The van der Waals surface area contributed by atoms with E-state index >= 15 is 0 Å². The Bertz CT molecular complexity index is 1100. The van der Waals surface area contributed by atoms with Crippen molar-refractivity contribution in [2.45, 2.75) is 44.0 Å². The van der Waals surface area contributed by atoms with Gasteiger partial charge in [-0.15, -0.1) is 0 Å². The first-order valence-electron chi connectivity index (χ1n) is 9.91. The van der Waals surface area contributed by atoms with E-state index in [-0.39, 0.29) is 41.1 Å². The lowest BCUT2D eigenvalue weighted by molar-refractivity contribution is -0.139. The van der Waals surface area contributed by atoms with E-state index < -0.39 is 41.7 Å². The molecule has 0 aromatic heterocycles. The van der Waals surface area contributed by atoms with E-state index in [9.17, 15) is 35.9 Å². The van der Waals surface area contributed by atoms with Gasteiger partial charge in [-0.1, -0.05) is 18.2 Å². The summed E-state index contributed by atoms with van der Waals surface area (Å²) in [7, 11) is 0. The van der Waals surface area contributed by atoms with Gasteiger partial charge in [-0.3, -0.25) is 14.5 Å². The summed E-state index contributed by atoms with van der Waals surface area (Å²) >= 11 is 0. The summed E-state index contributed by atoms with van der Waals surface area (Å²) in [6, 6.07) is 8.77. The predicted molar refractivity (Wildman–Crippen MR) is 104 cm³/mol. The second kappa shape index (κ2) is 7.79. The molecular weight excluding hydrogens is 436 g/mol. The molecule has 0 N–H and O–H groups in total. The first kappa shape index (κ1) is 22.1. The Balaban J connectivity index is 1.84. The van der Waals surface area contributed by atoms with Gasteiger partial charge in [-0.25, -0.2) is 0 Å². The van der Waals surface area contributed by atoms with Crippen LogP contribution in [0.15, 0.2) is 59.8 Å². The van der Waals surface area contributed by atoms with E-state index in [2.05, 4.69) is 0 Å². The van der Waals surface area contributed by atoms with Gasteiger partial charge in [0.1, 0.15) is 0 Å². The summed E-state index contributed by atoms with van der Waals surface area (Å²) in [6.07, 6.45) is -8.81. The predicted octanol–water partition coefficient (Wildman–Crippen LogP) is 6.25. The van der Waals surface area contributed by atoms with Crippen molar-refractivity contribution in [3.8, 4) is 0 Å². The fourth-order valence-corrected chi connectivity index (χ4v) is 4.42. The maximum absolute atomic E-state index is 13.6.